The summed E-state index contributed by atoms with van der Waals surface area (Å²) in [5, 5.41) is 10.8. The van der Waals surface area contributed by atoms with Gasteiger partial charge in [0.2, 0.25) is 0 Å². The molecule has 0 nitrogen and oxygen atoms in total. The Bertz CT molecular complexity index is 2650. The summed E-state index contributed by atoms with van der Waals surface area (Å²) in [5.41, 5.74) is 7.76. The number of allylic oxidation sites excluding steroid dienone is 4. The maximum atomic E-state index is 2.99. The van der Waals surface area contributed by atoms with Gasteiger partial charge in [-0.15, -0.1) is 64.9 Å². The Balaban J connectivity index is 0.000000163. The topological polar surface area (TPSA) is 0 Å². The van der Waals surface area contributed by atoms with Gasteiger partial charge in [0, 0.05) is 0 Å². The molecule has 0 fully saturated rings. The fourth-order valence-corrected chi connectivity index (χ4v) is 9.09. The van der Waals surface area contributed by atoms with Crippen molar-refractivity contribution in [3.63, 3.8) is 0 Å². The summed E-state index contributed by atoms with van der Waals surface area (Å²) in [6, 6.07) is 67.4. The molecule has 10 rings (SSSR count). The standard InChI is InChI=1S/C21H13.2C13H10.C5H5.2ClH.Zr/c1-2-8-15-14(7-1)13-20-18-11-4-3-9-16(18)17-10-5-6-12-19(17)21(15)20;2*1-11-7-9-13(10-8-11)12-5-3-2-4-6-12;1-2-4-5-3-1;;;/h1-13H;2*1-10H;1-3H,4H2;2*1H;/q-1;;;-1;;;. The van der Waals surface area contributed by atoms with Crippen LogP contribution in [0.1, 0.15) is 17.5 Å². The second kappa shape index (κ2) is 19.4. The van der Waals surface area contributed by atoms with Crippen molar-refractivity contribution in [2.75, 3.05) is 0 Å². The zero-order valence-corrected chi connectivity index (χ0v) is 34.4. The van der Waals surface area contributed by atoms with Crippen LogP contribution >= 0.6 is 24.8 Å². The third-order valence-corrected chi connectivity index (χ3v) is 12.1. The molecule has 55 heavy (non-hydrogen) atoms. The van der Waals surface area contributed by atoms with Crippen LogP contribution in [0.3, 0.4) is 0 Å². The SMILES string of the molecule is Cl.Cl.[C-]1=CC=CC1.[CH](=[Zr]=[CH]c1ccc(-c2ccccc2)cc1)c1ccc(-c2ccccc2)cc1.c1ccc2c(c1)[cH-]c1c3ccccc3c3ccccc3c21. The van der Waals surface area contributed by atoms with Crippen molar-refractivity contribution in [1.82, 2.24) is 0 Å². The molecule has 0 bridgehead atoms. The van der Waals surface area contributed by atoms with E-state index in [1.807, 2.05) is 12.2 Å². The van der Waals surface area contributed by atoms with Crippen LogP contribution < -0.4 is 0 Å². The van der Waals surface area contributed by atoms with E-state index in [-0.39, 0.29) is 24.8 Å². The molecule has 0 saturated carbocycles. The molecule has 0 amide bonds. The van der Waals surface area contributed by atoms with Crippen LogP contribution in [-0.2, 0) is 22.3 Å². The predicted octanol–water partition coefficient (Wildman–Crippen LogP) is 14.3. The van der Waals surface area contributed by atoms with Gasteiger partial charge in [-0.25, -0.2) is 12.2 Å². The monoisotopic (exact) mass is 824 g/mol. The van der Waals surface area contributed by atoms with Crippen LogP contribution in [0.2, 0.25) is 0 Å². The average molecular weight is 827 g/mol. The van der Waals surface area contributed by atoms with Gasteiger partial charge in [0.1, 0.15) is 0 Å². The molecule has 268 valence electrons. The Morgan fingerprint density at radius 3 is 1.36 bits per heavy atom. The first-order chi connectivity index (χ1) is 26.3. The molecule has 0 saturated heterocycles. The molecule has 0 spiro atoms. The van der Waals surface area contributed by atoms with Gasteiger partial charge < -0.3 is 0 Å². The average Bonchev–Trinajstić information content (AvgIpc) is 3.96. The molecule has 0 N–H and O–H groups in total. The Morgan fingerprint density at radius 2 is 0.873 bits per heavy atom. The van der Waals surface area contributed by atoms with Gasteiger partial charge in [0.05, 0.1) is 0 Å². The molecule has 9 aromatic carbocycles. The van der Waals surface area contributed by atoms with E-state index < -0.39 is 22.3 Å². The van der Waals surface area contributed by atoms with Gasteiger partial charge in [-0.1, -0.05) is 77.5 Å². The van der Waals surface area contributed by atoms with Crippen LogP contribution in [0.5, 0.6) is 0 Å². The number of halogens is 2. The van der Waals surface area contributed by atoms with E-state index in [4.69, 9.17) is 0 Å². The van der Waals surface area contributed by atoms with Gasteiger partial charge in [-0.3, -0.25) is 6.08 Å². The first-order valence-corrected chi connectivity index (χ1v) is 21.0. The molecular formula is C52H40Cl2Zr-2. The summed E-state index contributed by atoms with van der Waals surface area (Å²) in [6.07, 6.45) is 10.0. The molecular weight excluding hydrogens is 787 g/mol. The Morgan fingerprint density at radius 1 is 0.436 bits per heavy atom. The zero-order valence-electron chi connectivity index (χ0n) is 30.3. The van der Waals surface area contributed by atoms with E-state index >= 15 is 0 Å². The number of benzene rings is 8. The molecule has 0 aliphatic heterocycles. The van der Waals surface area contributed by atoms with Crippen molar-refractivity contribution in [2.45, 2.75) is 6.42 Å². The van der Waals surface area contributed by atoms with Crippen LogP contribution in [-0.4, -0.2) is 7.42 Å². The van der Waals surface area contributed by atoms with Crippen molar-refractivity contribution in [3.8, 4) is 22.3 Å². The summed E-state index contributed by atoms with van der Waals surface area (Å²) in [5.74, 6) is 0. The van der Waals surface area contributed by atoms with E-state index in [9.17, 15) is 0 Å². The molecule has 1 aliphatic carbocycles. The number of hydrogen-bond acceptors (Lipinski definition) is 0. The zero-order chi connectivity index (χ0) is 35.7. The third kappa shape index (κ3) is 9.38. The Kier molecular flexibility index (Phi) is 14.0. The summed E-state index contributed by atoms with van der Waals surface area (Å²) >= 11 is -0.679. The normalized spacial score (nSPS) is 11.1. The molecule has 0 unspecified atom stereocenters. The third-order valence-electron chi connectivity index (χ3n) is 9.62. The largest absolute Gasteiger partial charge is 0.126 e. The van der Waals surface area contributed by atoms with Crippen LogP contribution in [0, 0.1) is 6.08 Å². The maximum absolute atomic E-state index is 2.99. The quantitative estimate of drug-likeness (QED) is 0.122. The van der Waals surface area contributed by atoms with Crippen molar-refractivity contribution in [3.05, 3.63) is 223 Å². The van der Waals surface area contributed by atoms with Crippen molar-refractivity contribution in [1.29, 1.82) is 0 Å². The number of hydrogen-bond donors (Lipinski definition) is 0. The first kappa shape index (κ1) is 39.5. The van der Waals surface area contributed by atoms with Crippen molar-refractivity contribution >= 4 is 75.3 Å². The maximum Gasteiger partial charge on any atom is -0.0255 e. The van der Waals surface area contributed by atoms with Gasteiger partial charge in [0.25, 0.3) is 0 Å². The molecule has 0 aromatic heterocycles. The minimum atomic E-state index is -0.679. The summed E-state index contributed by atoms with van der Waals surface area (Å²) < 4.78 is 4.87. The second-order valence-electron chi connectivity index (χ2n) is 13.0. The predicted molar refractivity (Wildman–Crippen MR) is 242 cm³/mol. The van der Waals surface area contributed by atoms with Crippen LogP contribution in [0.15, 0.2) is 206 Å². The van der Waals surface area contributed by atoms with Gasteiger partial charge in [0.15, 0.2) is 0 Å². The van der Waals surface area contributed by atoms with Crippen LogP contribution in [0.4, 0.5) is 0 Å². The molecule has 0 radical (unpaired) electrons. The molecule has 9 aromatic rings. The van der Waals surface area contributed by atoms with Crippen molar-refractivity contribution in [2.24, 2.45) is 0 Å². The molecule has 3 heteroatoms. The minimum absolute atomic E-state index is 0. The minimum Gasteiger partial charge on any atom is -0.126 e. The molecule has 0 heterocycles. The van der Waals surface area contributed by atoms with Crippen LogP contribution in [0.25, 0.3) is 65.3 Å². The summed E-state index contributed by atoms with van der Waals surface area (Å²) in [6.45, 7) is 0. The van der Waals surface area contributed by atoms with Gasteiger partial charge >= 0.3 is 172 Å². The summed E-state index contributed by atoms with van der Waals surface area (Å²) in [4.78, 5) is 0. The second-order valence-corrected chi connectivity index (χ2v) is 15.3. The smallest absolute Gasteiger partial charge is 0.0255 e. The Hall–Kier alpha value is -5.17. The van der Waals surface area contributed by atoms with E-state index in [1.54, 1.807) is 0 Å². The molecule has 1 aliphatic rings. The number of rotatable bonds is 4. The summed E-state index contributed by atoms with van der Waals surface area (Å²) in [7, 11) is 0. The van der Waals surface area contributed by atoms with Gasteiger partial charge in [-0.2, -0.15) is 6.08 Å². The Labute approximate surface area is 347 Å². The first-order valence-electron chi connectivity index (χ1n) is 18.1. The van der Waals surface area contributed by atoms with E-state index in [0.29, 0.717) is 0 Å². The fourth-order valence-electron chi connectivity index (χ4n) is 6.99. The fraction of sp³-hybridized carbons (Fsp3) is 0.0192. The van der Waals surface area contributed by atoms with E-state index in [1.165, 1.54) is 76.5 Å². The number of fused-ring (bicyclic) bond motifs is 8. The van der Waals surface area contributed by atoms with Gasteiger partial charge in [-0.05, 0) is 10.8 Å². The van der Waals surface area contributed by atoms with E-state index in [2.05, 4.69) is 208 Å². The van der Waals surface area contributed by atoms with Crippen molar-refractivity contribution < 1.29 is 22.3 Å². The van der Waals surface area contributed by atoms with E-state index in [0.717, 1.165) is 6.42 Å². The molecule has 0 atom stereocenters.